The maximum Gasteiger partial charge on any atom is 0.311 e. The van der Waals surface area contributed by atoms with Gasteiger partial charge in [0.25, 0.3) is 5.91 Å². The molecule has 3 atom stereocenters. The van der Waals surface area contributed by atoms with Gasteiger partial charge in [-0.2, -0.15) is 0 Å². The van der Waals surface area contributed by atoms with Gasteiger partial charge in [-0.05, 0) is 63.4 Å². The van der Waals surface area contributed by atoms with E-state index < -0.39 is 24.0 Å². The van der Waals surface area contributed by atoms with Gasteiger partial charge in [0, 0.05) is 34.2 Å². The molecule has 1 aromatic heterocycles. The number of nitrogens with zero attached hydrogens (tertiary/aromatic N) is 1. The maximum absolute atomic E-state index is 13.4. The number of aromatic nitrogens is 1. The van der Waals surface area contributed by atoms with E-state index in [1.807, 2.05) is 57.2 Å². The van der Waals surface area contributed by atoms with Crippen molar-refractivity contribution in [2.24, 2.45) is 5.92 Å². The van der Waals surface area contributed by atoms with Crippen molar-refractivity contribution in [3.8, 4) is 5.69 Å². The molecule has 0 bridgehead atoms. The number of Topliss-reactive ketones (excluding diaryl/α,β-unsaturated/α-hetero) is 1. The minimum atomic E-state index is -0.738. The van der Waals surface area contributed by atoms with E-state index in [4.69, 9.17) is 4.74 Å². The summed E-state index contributed by atoms with van der Waals surface area (Å²) >= 11 is 0. The van der Waals surface area contributed by atoms with Crippen molar-refractivity contribution in [1.29, 1.82) is 0 Å². The Morgan fingerprint density at radius 3 is 2.34 bits per heavy atom. The summed E-state index contributed by atoms with van der Waals surface area (Å²) in [5, 5.41) is 5.93. The molecule has 1 aliphatic rings. The summed E-state index contributed by atoms with van der Waals surface area (Å²) in [5.41, 5.74) is 3.96. The number of benzene rings is 2. The first kappa shape index (κ1) is 29.8. The molecule has 216 valence electrons. The zero-order chi connectivity index (χ0) is 29.4. The first-order chi connectivity index (χ1) is 19.8. The van der Waals surface area contributed by atoms with Gasteiger partial charge in [-0.3, -0.25) is 19.2 Å². The molecule has 0 unspecified atom stereocenters. The molecule has 0 spiro atoms. The molecular formula is C33H39N3O5. The molecule has 41 heavy (non-hydrogen) atoms. The van der Waals surface area contributed by atoms with Crippen LogP contribution in [0.15, 0.2) is 66.7 Å². The first-order valence-corrected chi connectivity index (χ1v) is 14.4. The van der Waals surface area contributed by atoms with Crippen molar-refractivity contribution in [3.05, 3.63) is 89.2 Å². The lowest BCUT2D eigenvalue weighted by atomic mass is 10.0. The number of carbonyl (C=O) groups excluding carboxylic acids is 4. The Hall–Kier alpha value is -4.20. The molecule has 1 saturated carbocycles. The van der Waals surface area contributed by atoms with E-state index in [0.29, 0.717) is 30.4 Å². The summed E-state index contributed by atoms with van der Waals surface area (Å²) < 4.78 is 7.42. The van der Waals surface area contributed by atoms with Crippen LogP contribution in [0.3, 0.4) is 0 Å². The highest BCUT2D eigenvalue weighted by Crippen LogP contribution is 2.27. The highest BCUT2D eigenvalue weighted by molar-refractivity contribution is 5.99. The lowest BCUT2D eigenvalue weighted by Gasteiger charge is -2.24. The Labute approximate surface area is 241 Å². The Balaban J connectivity index is 1.39. The smallest absolute Gasteiger partial charge is 0.311 e. The largest absolute Gasteiger partial charge is 0.457 e. The molecule has 2 amide bonds. The van der Waals surface area contributed by atoms with Gasteiger partial charge in [0.2, 0.25) is 5.91 Å². The Morgan fingerprint density at radius 2 is 1.63 bits per heavy atom. The average molecular weight is 558 g/mol. The van der Waals surface area contributed by atoms with E-state index >= 15 is 0 Å². The van der Waals surface area contributed by atoms with Crippen molar-refractivity contribution in [2.45, 2.75) is 71.4 Å². The van der Waals surface area contributed by atoms with Crippen LogP contribution < -0.4 is 10.6 Å². The molecule has 1 fully saturated rings. The molecule has 1 aliphatic carbocycles. The molecular weight excluding hydrogens is 518 g/mol. The van der Waals surface area contributed by atoms with E-state index in [-0.39, 0.29) is 24.2 Å². The SMILES string of the molecule is CCCC[C@H](NC(=O)c1cccc(-n2c(C)ccc2C)c1)C(=O)N[C@H]1CCC[C@H]1C(=O)OCC(=O)c1ccccc1. The predicted molar refractivity (Wildman–Crippen MR) is 157 cm³/mol. The van der Waals surface area contributed by atoms with Crippen molar-refractivity contribution in [1.82, 2.24) is 15.2 Å². The fraction of sp³-hybridized carbons (Fsp3) is 0.394. The molecule has 0 radical (unpaired) electrons. The van der Waals surface area contributed by atoms with Crippen molar-refractivity contribution >= 4 is 23.6 Å². The van der Waals surface area contributed by atoms with E-state index in [1.165, 1.54) is 0 Å². The van der Waals surface area contributed by atoms with E-state index in [2.05, 4.69) is 15.2 Å². The molecule has 0 saturated heterocycles. The fourth-order valence-corrected chi connectivity index (χ4v) is 5.43. The van der Waals surface area contributed by atoms with E-state index in [0.717, 1.165) is 36.3 Å². The zero-order valence-electron chi connectivity index (χ0n) is 24.0. The van der Waals surface area contributed by atoms with Gasteiger partial charge in [0.15, 0.2) is 12.4 Å². The average Bonchev–Trinajstić information content (AvgIpc) is 3.59. The predicted octanol–water partition coefficient (Wildman–Crippen LogP) is 5.09. The van der Waals surface area contributed by atoms with E-state index in [1.54, 1.807) is 30.3 Å². The number of nitrogens with one attached hydrogen (secondary N) is 2. The number of hydrogen-bond donors (Lipinski definition) is 2. The minimum Gasteiger partial charge on any atom is -0.457 e. The van der Waals surface area contributed by atoms with Crippen LogP contribution in [0.25, 0.3) is 5.69 Å². The molecule has 8 nitrogen and oxygen atoms in total. The van der Waals surface area contributed by atoms with Gasteiger partial charge in [0.05, 0.1) is 5.92 Å². The second kappa shape index (κ2) is 13.9. The lowest BCUT2D eigenvalue weighted by molar-refractivity contribution is -0.148. The van der Waals surface area contributed by atoms with Crippen molar-refractivity contribution in [3.63, 3.8) is 0 Å². The summed E-state index contributed by atoms with van der Waals surface area (Å²) in [4.78, 5) is 51.9. The minimum absolute atomic E-state index is 0.272. The molecule has 8 heteroatoms. The summed E-state index contributed by atoms with van der Waals surface area (Å²) in [6.07, 6.45) is 4.07. The van der Waals surface area contributed by atoms with Crippen molar-refractivity contribution in [2.75, 3.05) is 6.61 Å². The molecule has 1 heterocycles. The second-order valence-electron chi connectivity index (χ2n) is 10.7. The number of amides is 2. The number of rotatable bonds is 12. The van der Waals surface area contributed by atoms with Crippen molar-refractivity contribution < 1.29 is 23.9 Å². The van der Waals surface area contributed by atoms with Gasteiger partial charge in [-0.15, -0.1) is 0 Å². The number of unbranched alkanes of at least 4 members (excludes halogenated alkanes) is 1. The number of hydrogen-bond acceptors (Lipinski definition) is 5. The third kappa shape index (κ3) is 7.51. The van der Waals surface area contributed by atoms with Gasteiger partial charge in [-0.25, -0.2) is 0 Å². The Bertz CT molecular complexity index is 1360. The summed E-state index contributed by atoms with van der Waals surface area (Å²) in [6.45, 7) is 5.72. The summed E-state index contributed by atoms with van der Waals surface area (Å²) in [5.74, 6) is -1.93. The van der Waals surface area contributed by atoms with Crippen LogP contribution in [0, 0.1) is 19.8 Å². The highest BCUT2D eigenvalue weighted by atomic mass is 16.5. The molecule has 2 N–H and O–H groups in total. The van der Waals surface area contributed by atoms with Crippen LogP contribution in [-0.4, -0.2) is 46.8 Å². The Morgan fingerprint density at radius 1 is 0.927 bits per heavy atom. The topological polar surface area (TPSA) is 106 Å². The second-order valence-corrected chi connectivity index (χ2v) is 10.7. The normalized spacial score (nSPS) is 17.0. The summed E-state index contributed by atoms with van der Waals surface area (Å²) in [7, 11) is 0. The molecule has 2 aromatic carbocycles. The standard InChI is InChI=1S/C33H39N3O5/c1-4-5-16-29(35-31(38)25-13-9-14-26(20-25)36-22(2)18-19-23(36)3)32(39)34-28-17-10-15-27(28)33(40)41-21-30(37)24-11-7-6-8-12-24/h6-9,11-14,18-20,27-29H,4-5,10,15-17,21H2,1-3H3,(H,34,39)(H,35,38)/t27-,28+,29+/m1/s1. The van der Waals surface area contributed by atoms with Crippen LogP contribution in [0.4, 0.5) is 0 Å². The van der Waals surface area contributed by atoms with Gasteiger partial charge < -0.3 is 19.9 Å². The van der Waals surface area contributed by atoms with Crippen LogP contribution in [0.2, 0.25) is 0 Å². The number of ketones is 1. The van der Waals surface area contributed by atoms with Crippen LogP contribution in [0.5, 0.6) is 0 Å². The van der Waals surface area contributed by atoms with Crippen LogP contribution >= 0.6 is 0 Å². The third-order valence-corrected chi connectivity index (χ3v) is 7.69. The molecule has 4 rings (SSSR count). The highest BCUT2D eigenvalue weighted by Gasteiger charge is 2.37. The maximum atomic E-state index is 13.4. The van der Waals surface area contributed by atoms with E-state index in [9.17, 15) is 19.2 Å². The van der Waals surface area contributed by atoms with Crippen LogP contribution in [0.1, 0.15) is 77.6 Å². The van der Waals surface area contributed by atoms with Gasteiger partial charge in [0.1, 0.15) is 6.04 Å². The van der Waals surface area contributed by atoms with Crippen LogP contribution in [-0.2, 0) is 14.3 Å². The first-order valence-electron chi connectivity index (χ1n) is 14.4. The van der Waals surface area contributed by atoms with Gasteiger partial charge in [-0.1, -0.05) is 62.6 Å². The Kier molecular flexibility index (Phi) is 10.1. The zero-order valence-corrected chi connectivity index (χ0v) is 24.0. The lowest BCUT2D eigenvalue weighted by Crippen LogP contribution is -2.51. The van der Waals surface area contributed by atoms with Gasteiger partial charge >= 0.3 is 5.97 Å². The molecule has 3 aromatic rings. The summed E-state index contributed by atoms with van der Waals surface area (Å²) in [6, 6.07) is 18.9. The molecule has 0 aliphatic heterocycles. The monoisotopic (exact) mass is 557 g/mol. The number of esters is 1. The third-order valence-electron chi connectivity index (χ3n) is 7.69. The number of carbonyl (C=O) groups is 4. The quantitative estimate of drug-likeness (QED) is 0.238. The number of ether oxygens (including phenoxy) is 1. The number of aryl methyl sites for hydroxylation is 2. The fourth-order valence-electron chi connectivity index (χ4n) is 5.43.